The highest BCUT2D eigenvalue weighted by molar-refractivity contribution is 7.88. The van der Waals surface area contributed by atoms with Crippen molar-refractivity contribution >= 4 is 10.0 Å². The van der Waals surface area contributed by atoms with Crippen molar-refractivity contribution in [2.45, 2.75) is 44.6 Å². The van der Waals surface area contributed by atoms with E-state index in [0.29, 0.717) is 25.0 Å². The molecule has 1 N–H and O–H groups in total. The topological polar surface area (TPSA) is 60.9 Å². The Morgan fingerprint density at radius 2 is 1.90 bits per heavy atom. The SMILES string of the molecule is CS(=O)(=O)N1CCCC(CN(CCO)C2CCCC2)C1. The lowest BCUT2D eigenvalue weighted by atomic mass is 9.98. The van der Waals surface area contributed by atoms with E-state index in [1.54, 1.807) is 4.31 Å². The first-order valence-electron chi connectivity index (χ1n) is 7.80. The largest absolute Gasteiger partial charge is 0.395 e. The first kappa shape index (κ1) is 16.2. The minimum absolute atomic E-state index is 0.193. The van der Waals surface area contributed by atoms with Gasteiger partial charge in [-0.15, -0.1) is 0 Å². The van der Waals surface area contributed by atoms with Crippen molar-refractivity contribution in [2.24, 2.45) is 5.92 Å². The van der Waals surface area contributed by atoms with Gasteiger partial charge in [0.05, 0.1) is 12.9 Å². The van der Waals surface area contributed by atoms with Crippen LogP contribution in [0.5, 0.6) is 0 Å². The fourth-order valence-corrected chi connectivity index (χ4v) is 4.57. The van der Waals surface area contributed by atoms with Gasteiger partial charge in [-0.05, 0) is 31.6 Å². The third kappa shape index (κ3) is 4.41. The summed E-state index contributed by atoms with van der Waals surface area (Å²) in [5, 5.41) is 9.26. The van der Waals surface area contributed by atoms with Crippen molar-refractivity contribution in [3.63, 3.8) is 0 Å². The van der Waals surface area contributed by atoms with Crippen molar-refractivity contribution < 1.29 is 13.5 Å². The maximum atomic E-state index is 11.7. The predicted octanol–water partition coefficient (Wildman–Crippen LogP) is 0.895. The second-order valence-corrected chi connectivity index (χ2v) is 8.27. The molecule has 2 fully saturated rings. The third-order valence-corrected chi connectivity index (χ3v) is 5.94. The first-order chi connectivity index (χ1) is 9.50. The summed E-state index contributed by atoms with van der Waals surface area (Å²) >= 11 is 0. The summed E-state index contributed by atoms with van der Waals surface area (Å²) in [5.74, 6) is 0.408. The average molecular weight is 304 g/mol. The monoisotopic (exact) mass is 304 g/mol. The van der Waals surface area contributed by atoms with Crippen molar-refractivity contribution in [1.29, 1.82) is 0 Å². The average Bonchev–Trinajstić information content (AvgIpc) is 2.91. The molecule has 6 heteroatoms. The van der Waals surface area contributed by atoms with Gasteiger partial charge in [-0.2, -0.15) is 0 Å². The fraction of sp³-hybridized carbons (Fsp3) is 1.00. The second kappa shape index (κ2) is 7.20. The summed E-state index contributed by atoms with van der Waals surface area (Å²) in [7, 11) is -3.06. The van der Waals surface area contributed by atoms with Gasteiger partial charge in [0.15, 0.2) is 0 Å². The van der Waals surface area contributed by atoms with E-state index in [0.717, 1.165) is 25.9 Å². The molecule has 1 saturated carbocycles. The van der Waals surface area contributed by atoms with Gasteiger partial charge >= 0.3 is 0 Å². The lowest BCUT2D eigenvalue weighted by molar-refractivity contribution is 0.113. The molecule has 0 aromatic carbocycles. The maximum Gasteiger partial charge on any atom is 0.211 e. The zero-order valence-electron chi connectivity index (χ0n) is 12.5. The molecule has 1 unspecified atom stereocenters. The summed E-state index contributed by atoms with van der Waals surface area (Å²) in [6.45, 7) is 3.16. The van der Waals surface area contributed by atoms with E-state index < -0.39 is 10.0 Å². The number of hydrogen-bond donors (Lipinski definition) is 1. The van der Waals surface area contributed by atoms with Gasteiger partial charge in [0.2, 0.25) is 10.0 Å². The van der Waals surface area contributed by atoms with Gasteiger partial charge in [0.25, 0.3) is 0 Å². The normalized spacial score (nSPS) is 26.4. The van der Waals surface area contributed by atoms with Gasteiger partial charge in [0.1, 0.15) is 0 Å². The number of hydrogen-bond acceptors (Lipinski definition) is 4. The molecule has 20 heavy (non-hydrogen) atoms. The van der Waals surface area contributed by atoms with E-state index in [1.165, 1.54) is 31.9 Å². The third-order valence-electron chi connectivity index (χ3n) is 4.67. The number of sulfonamides is 1. The van der Waals surface area contributed by atoms with Crippen LogP contribution in [0.25, 0.3) is 0 Å². The number of aliphatic hydroxyl groups excluding tert-OH is 1. The second-order valence-electron chi connectivity index (χ2n) is 6.29. The van der Waals surface area contributed by atoms with E-state index in [-0.39, 0.29) is 6.61 Å². The van der Waals surface area contributed by atoms with Gasteiger partial charge in [-0.3, -0.25) is 4.90 Å². The van der Waals surface area contributed by atoms with Crippen LogP contribution < -0.4 is 0 Å². The molecule has 0 spiro atoms. The lowest BCUT2D eigenvalue weighted by Gasteiger charge is -2.36. The predicted molar refractivity (Wildman–Crippen MR) is 80.1 cm³/mol. The first-order valence-corrected chi connectivity index (χ1v) is 9.65. The molecule has 1 aliphatic carbocycles. The van der Waals surface area contributed by atoms with Gasteiger partial charge < -0.3 is 5.11 Å². The molecule has 2 rings (SSSR count). The molecule has 1 aliphatic heterocycles. The van der Waals surface area contributed by atoms with Crippen molar-refractivity contribution in [1.82, 2.24) is 9.21 Å². The van der Waals surface area contributed by atoms with E-state index in [9.17, 15) is 13.5 Å². The quantitative estimate of drug-likeness (QED) is 0.792. The van der Waals surface area contributed by atoms with Crippen LogP contribution >= 0.6 is 0 Å². The highest BCUT2D eigenvalue weighted by Gasteiger charge is 2.29. The Hall–Kier alpha value is -0.170. The lowest BCUT2D eigenvalue weighted by Crippen LogP contribution is -2.46. The van der Waals surface area contributed by atoms with E-state index in [4.69, 9.17) is 0 Å². The summed E-state index contributed by atoms with van der Waals surface area (Å²) in [6, 6.07) is 0.593. The summed E-state index contributed by atoms with van der Waals surface area (Å²) in [5.41, 5.74) is 0. The molecule has 1 heterocycles. The van der Waals surface area contributed by atoms with Crippen LogP contribution in [0.1, 0.15) is 38.5 Å². The molecule has 0 bridgehead atoms. The van der Waals surface area contributed by atoms with E-state index in [2.05, 4.69) is 4.90 Å². The number of rotatable bonds is 6. The van der Waals surface area contributed by atoms with Crippen LogP contribution in [0.3, 0.4) is 0 Å². The number of piperidine rings is 1. The molecule has 5 nitrogen and oxygen atoms in total. The summed E-state index contributed by atoms with van der Waals surface area (Å²) in [4.78, 5) is 2.39. The Morgan fingerprint density at radius 3 is 2.50 bits per heavy atom. The van der Waals surface area contributed by atoms with Gasteiger partial charge in [-0.1, -0.05) is 12.8 Å². The Morgan fingerprint density at radius 1 is 1.20 bits per heavy atom. The molecule has 1 saturated heterocycles. The van der Waals surface area contributed by atoms with Gasteiger partial charge in [0, 0.05) is 32.2 Å². The molecule has 0 amide bonds. The Bertz CT molecular complexity index is 393. The van der Waals surface area contributed by atoms with Crippen molar-refractivity contribution in [2.75, 3.05) is 39.0 Å². The molecule has 0 aromatic heterocycles. The zero-order valence-corrected chi connectivity index (χ0v) is 13.3. The van der Waals surface area contributed by atoms with Crippen molar-refractivity contribution in [3.8, 4) is 0 Å². The van der Waals surface area contributed by atoms with Crippen LogP contribution in [0.4, 0.5) is 0 Å². The van der Waals surface area contributed by atoms with Crippen LogP contribution in [0.15, 0.2) is 0 Å². The highest BCUT2D eigenvalue weighted by atomic mass is 32.2. The molecular weight excluding hydrogens is 276 g/mol. The minimum atomic E-state index is -3.06. The van der Waals surface area contributed by atoms with Crippen LogP contribution in [0, 0.1) is 5.92 Å². The number of aliphatic hydroxyl groups is 1. The van der Waals surface area contributed by atoms with E-state index >= 15 is 0 Å². The van der Waals surface area contributed by atoms with Crippen LogP contribution in [-0.4, -0.2) is 67.8 Å². The van der Waals surface area contributed by atoms with Gasteiger partial charge in [-0.25, -0.2) is 12.7 Å². The maximum absolute atomic E-state index is 11.7. The summed E-state index contributed by atoms with van der Waals surface area (Å²) < 4.78 is 25.0. The molecule has 118 valence electrons. The minimum Gasteiger partial charge on any atom is -0.395 e. The van der Waals surface area contributed by atoms with Crippen LogP contribution in [-0.2, 0) is 10.0 Å². The van der Waals surface area contributed by atoms with E-state index in [1.807, 2.05) is 0 Å². The fourth-order valence-electron chi connectivity index (χ4n) is 3.63. The molecule has 2 aliphatic rings. The molecular formula is C14H28N2O3S. The number of nitrogens with zero attached hydrogens (tertiary/aromatic N) is 2. The smallest absolute Gasteiger partial charge is 0.211 e. The Kier molecular flexibility index (Phi) is 5.84. The standard InChI is InChI=1S/C14H28N2O3S/c1-20(18,19)16-8-4-5-13(12-16)11-15(9-10-17)14-6-2-3-7-14/h13-14,17H,2-12H2,1H3. The van der Waals surface area contributed by atoms with Crippen molar-refractivity contribution in [3.05, 3.63) is 0 Å². The zero-order chi connectivity index (χ0) is 14.6. The Balaban J connectivity index is 1.92. The molecule has 0 radical (unpaired) electrons. The highest BCUT2D eigenvalue weighted by Crippen LogP contribution is 2.26. The summed E-state index contributed by atoms with van der Waals surface area (Å²) in [6.07, 6.45) is 8.37. The van der Waals surface area contributed by atoms with Crippen LogP contribution in [0.2, 0.25) is 0 Å². The molecule has 0 aromatic rings. The Labute approximate surface area is 123 Å². The molecule has 1 atom stereocenters.